The Bertz CT molecular complexity index is 731. The highest BCUT2D eigenvalue weighted by Gasteiger charge is 2.31. The molecule has 26 heavy (non-hydrogen) atoms. The minimum Gasteiger partial charge on any atom is -0.309 e. The first-order valence-electron chi connectivity index (χ1n) is 9.78. The molecule has 0 aromatic heterocycles. The Kier molecular flexibility index (Phi) is 7.24. The van der Waals surface area contributed by atoms with Crippen LogP contribution in [-0.2, 0) is 21.2 Å². The molecule has 1 aliphatic rings. The molecule has 0 aliphatic carbocycles. The number of benzene rings is 1. The molecule has 2 atom stereocenters. The molecule has 0 unspecified atom stereocenters. The Labute approximate surface area is 158 Å². The van der Waals surface area contributed by atoms with E-state index in [-0.39, 0.29) is 11.9 Å². The quantitative estimate of drug-likeness (QED) is 0.707. The third-order valence-electron chi connectivity index (χ3n) is 5.25. The first-order chi connectivity index (χ1) is 12.3. The Morgan fingerprint density at radius 1 is 1.31 bits per heavy atom. The molecule has 146 valence electrons. The number of hydrogen-bond acceptors (Lipinski definition) is 3. The maximum absolute atomic E-state index is 12.7. The molecule has 1 N–H and O–H groups in total. The van der Waals surface area contributed by atoms with Crippen molar-refractivity contribution in [1.82, 2.24) is 4.72 Å². The smallest absolute Gasteiger partial charge is 0.240 e. The van der Waals surface area contributed by atoms with E-state index in [1.165, 1.54) is 0 Å². The fourth-order valence-corrected chi connectivity index (χ4v) is 4.75. The van der Waals surface area contributed by atoms with Crippen molar-refractivity contribution in [1.29, 1.82) is 0 Å². The first-order valence-corrected chi connectivity index (χ1v) is 11.3. The Morgan fingerprint density at radius 2 is 2.04 bits per heavy atom. The van der Waals surface area contributed by atoms with Crippen LogP contribution in [0, 0.1) is 5.92 Å². The molecule has 1 aromatic carbocycles. The zero-order valence-electron chi connectivity index (χ0n) is 16.4. The van der Waals surface area contributed by atoms with Gasteiger partial charge < -0.3 is 4.90 Å². The lowest BCUT2D eigenvalue weighted by atomic mass is 10.00. The van der Waals surface area contributed by atoms with Gasteiger partial charge in [0, 0.05) is 24.7 Å². The summed E-state index contributed by atoms with van der Waals surface area (Å²) in [5.74, 6) is 0.448. The maximum Gasteiger partial charge on any atom is 0.240 e. The second-order valence-corrected chi connectivity index (χ2v) is 9.00. The Morgan fingerprint density at radius 3 is 2.65 bits per heavy atom. The second kappa shape index (κ2) is 9.00. The average molecular weight is 381 g/mol. The first kappa shape index (κ1) is 20.9. The zero-order chi connectivity index (χ0) is 19.3. The molecule has 5 nitrogen and oxygen atoms in total. The van der Waals surface area contributed by atoms with Crippen molar-refractivity contribution in [2.75, 3.05) is 11.4 Å². The maximum atomic E-state index is 12.7. The van der Waals surface area contributed by atoms with Gasteiger partial charge in [-0.05, 0) is 49.4 Å². The lowest BCUT2D eigenvalue weighted by Crippen LogP contribution is -2.35. The van der Waals surface area contributed by atoms with Crippen molar-refractivity contribution >= 4 is 21.6 Å². The van der Waals surface area contributed by atoms with Gasteiger partial charge in [0.15, 0.2) is 0 Å². The van der Waals surface area contributed by atoms with Gasteiger partial charge in [-0.2, -0.15) is 0 Å². The molecule has 2 rings (SSSR count). The number of fused-ring (bicyclic) bond motifs is 1. The van der Waals surface area contributed by atoms with Crippen molar-refractivity contribution < 1.29 is 13.2 Å². The number of nitrogens with zero attached hydrogens (tertiary/aromatic N) is 1. The van der Waals surface area contributed by atoms with E-state index in [1.807, 2.05) is 13.8 Å². The van der Waals surface area contributed by atoms with Gasteiger partial charge in [0.25, 0.3) is 0 Å². The standard InChI is InChI=1S/C20H32N2O3S/c1-5-8-9-16(6-2)14-21-26(24,25)18-10-11-19-17(13-18)12-15(4)22(19)20(23)7-3/h10-11,13,15-16,21H,5-9,12,14H2,1-4H3/t15-,16+/m0/s1. The number of carbonyl (C=O) groups is 1. The highest BCUT2D eigenvalue weighted by molar-refractivity contribution is 7.89. The van der Waals surface area contributed by atoms with Crippen molar-refractivity contribution in [2.45, 2.75) is 77.2 Å². The molecular weight excluding hydrogens is 348 g/mol. The third kappa shape index (κ3) is 4.65. The normalized spacial score (nSPS) is 18.0. The fourth-order valence-electron chi connectivity index (χ4n) is 3.58. The number of nitrogens with one attached hydrogen (secondary N) is 1. The summed E-state index contributed by atoms with van der Waals surface area (Å²) in [6.45, 7) is 8.57. The number of anilines is 1. The largest absolute Gasteiger partial charge is 0.309 e. The van der Waals surface area contributed by atoms with Crippen LogP contribution in [0.5, 0.6) is 0 Å². The van der Waals surface area contributed by atoms with Crippen molar-refractivity contribution in [2.24, 2.45) is 5.92 Å². The highest BCUT2D eigenvalue weighted by Crippen LogP contribution is 2.34. The van der Waals surface area contributed by atoms with Gasteiger partial charge in [0.2, 0.25) is 15.9 Å². The van der Waals surface area contributed by atoms with Crippen LogP contribution in [0.2, 0.25) is 0 Å². The van der Waals surface area contributed by atoms with Crippen LogP contribution in [0.25, 0.3) is 0 Å². The molecule has 0 saturated heterocycles. The van der Waals surface area contributed by atoms with E-state index in [2.05, 4.69) is 18.6 Å². The zero-order valence-corrected chi connectivity index (χ0v) is 17.2. The van der Waals surface area contributed by atoms with E-state index < -0.39 is 10.0 Å². The van der Waals surface area contributed by atoms with Gasteiger partial charge in [-0.1, -0.05) is 40.0 Å². The van der Waals surface area contributed by atoms with E-state index in [0.29, 0.717) is 30.2 Å². The SMILES string of the molecule is CCCC[C@@H](CC)CNS(=O)(=O)c1ccc2c(c1)C[C@H](C)N2C(=O)CC. The lowest BCUT2D eigenvalue weighted by Gasteiger charge is -2.22. The van der Waals surface area contributed by atoms with E-state index in [1.54, 1.807) is 23.1 Å². The van der Waals surface area contributed by atoms with Gasteiger partial charge in [-0.3, -0.25) is 4.79 Å². The third-order valence-corrected chi connectivity index (χ3v) is 6.67. The summed E-state index contributed by atoms with van der Waals surface area (Å²) in [4.78, 5) is 14.2. The predicted octanol–water partition coefficient (Wildman–Crippen LogP) is 3.87. The summed E-state index contributed by atoms with van der Waals surface area (Å²) in [6, 6.07) is 5.18. The van der Waals surface area contributed by atoms with Crippen LogP contribution in [-0.4, -0.2) is 26.9 Å². The number of sulfonamides is 1. The molecule has 1 aromatic rings. The topological polar surface area (TPSA) is 66.5 Å². The van der Waals surface area contributed by atoms with Crippen molar-refractivity contribution in [3.8, 4) is 0 Å². The molecule has 6 heteroatoms. The molecule has 0 fully saturated rings. The van der Waals surface area contributed by atoms with E-state index >= 15 is 0 Å². The Hall–Kier alpha value is -1.40. The Balaban J connectivity index is 2.14. The number of amides is 1. The highest BCUT2D eigenvalue weighted by atomic mass is 32.2. The minimum atomic E-state index is -3.53. The summed E-state index contributed by atoms with van der Waals surface area (Å²) in [7, 11) is -3.53. The number of carbonyl (C=O) groups excluding carboxylic acids is 1. The van der Waals surface area contributed by atoms with Crippen LogP contribution < -0.4 is 9.62 Å². The van der Waals surface area contributed by atoms with Crippen LogP contribution in [0.15, 0.2) is 23.1 Å². The van der Waals surface area contributed by atoms with Crippen molar-refractivity contribution in [3.05, 3.63) is 23.8 Å². The summed E-state index contributed by atoms with van der Waals surface area (Å²) in [5.41, 5.74) is 1.78. The molecular formula is C20H32N2O3S. The van der Waals surface area contributed by atoms with Gasteiger partial charge in [-0.25, -0.2) is 13.1 Å². The molecule has 1 amide bonds. The summed E-state index contributed by atoms with van der Waals surface area (Å²) >= 11 is 0. The number of hydrogen-bond donors (Lipinski definition) is 1. The van der Waals surface area contributed by atoms with Crippen LogP contribution in [0.4, 0.5) is 5.69 Å². The summed E-state index contributed by atoms with van der Waals surface area (Å²) in [5, 5.41) is 0. The van der Waals surface area contributed by atoms with Gasteiger partial charge >= 0.3 is 0 Å². The van der Waals surface area contributed by atoms with Gasteiger partial charge in [0.05, 0.1) is 4.90 Å². The summed E-state index contributed by atoms with van der Waals surface area (Å²) in [6.07, 6.45) is 5.40. The molecule has 0 radical (unpaired) electrons. The molecule has 0 saturated carbocycles. The number of unbranched alkanes of at least 4 members (excludes halogenated alkanes) is 1. The van der Waals surface area contributed by atoms with Crippen molar-refractivity contribution in [3.63, 3.8) is 0 Å². The average Bonchev–Trinajstić information content (AvgIpc) is 2.96. The van der Waals surface area contributed by atoms with Crippen LogP contribution in [0.1, 0.15) is 65.4 Å². The van der Waals surface area contributed by atoms with E-state index in [9.17, 15) is 13.2 Å². The minimum absolute atomic E-state index is 0.0712. The van der Waals surface area contributed by atoms with E-state index in [4.69, 9.17) is 0 Å². The molecule has 1 aliphatic heterocycles. The second-order valence-electron chi connectivity index (χ2n) is 7.23. The predicted molar refractivity (Wildman–Crippen MR) is 106 cm³/mol. The van der Waals surface area contributed by atoms with Gasteiger partial charge in [0.1, 0.15) is 0 Å². The number of rotatable bonds is 9. The monoisotopic (exact) mass is 380 g/mol. The molecule has 0 spiro atoms. The molecule has 0 bridgehead atoms. The van der Waals surface area contributed by atoms with Gasteiger partial charge in [-0.15, -0.1) is 0 Å². The van der Waals surface area contributed by atoms with E-state index in [0.717, 1.165) is 36.9 Å². The van der Waals surface area contributed by atoms with Crippen LogP contribution >= 0.6 is 0 Å². The fraction of sp³-hybridized carbons (Fsp3) is 0.650. The summed E-state index contributed by atoms with van der Waals surface area (Å²) < 4.78 is 28.1. The molecule has 1 heterocycles. The van der Waals surface area contributed by atoms with Crippen LogP contribution in [0.3, 0.4) is 0 Å². The lowest BCUT2D eigenvalue weighted by molar-refractivity contribution is -0.118.